The molecule has 0 saturated carbocycles. The minimum absolute atomic E-state index is 0.0492. The molecule has 0 aromatic heterocycles. The summed E-state index contributed by atoms with van der Waals surface area (Å²) in [4.78, 5) is 4.08. The highest BCUT2D eigenvalue weighted by molar-refractivity contribution is 5.92. The fourth-order valence-corrected chi connectivity index (χ4v) is 1.99. The van der Waals surface area contributed by atoms with E-state index >= 15 is 0 Å². The summed E-state index contributed by atoms with van der Waals surface area (Å²) < 4.78 is 18.1. The molecule has 0 saturated heterocycles. The van der Waals surface area contributed by atoms with Crippen LogP contribution in [0.15, 0.2) is 53.5 Å². The molecule has 0 heterocycles. The summed E-state index contributed by atoms with van der Waals surface area (Å²) in [6.07, 6.45) is 0.169. The third kappa shape index (κ3) is 5.89. The molecule has 6 heteroatoms. The largest absolute Gasteiger partial charge is 0.491 e. The van der Waals surface area contributed by atoms with Crippen LogP contribution in [0.5, 0.6) is 5.75 Å². The molecule has 1 atom stereocenters. The molecule has 2 aromatic carbocycles. The summed E-state index contributed by atoms with van der Waals surface area (Å²) in [5.74, 6) is 0.375. The summed E-state index contributed by atoms with van der Waals surface area (Å²) in [5, 5.41) is 12.8. The van der Waals surface area contributed by atoms with Gasteiger partial charge < -0.3 is 20.9 Å². The predicted octanol–water partition coefficient (Wildman–Crippen LogP) is 2.55. The number of rotatable bonds is 7. The number of hydrogen-bond acceptors (Lipinski definition) is 3. The first-order valence-electron chi connectivity index (χ1n) is 7.79. The van der Waals surface area contributed by atoms with Gasteiger partial charge in [-0.1, -0.05) is 19.1 Å². The van der Waals surface area contributed by atoms with E-state index in [0.717, 1.165) is 12.1 Å². The van der Waals surface area contributed by atoms with Crippen LogP contribution in [0.4, 0.5) is 10.1 Å². The van der Waals surface area contributed by atoms with Gasteiger partial charge in [-0.25, -0.2) is 4.39 Å². The molecule has 0 fully saturated rings. The Morgan fingerprint density at radius 1 is 1.21 bits per heavy atom. The second-order valence-electron chi connectivity index (χ2n) is 5.32. The fourth-order valence-electron chi connectivity index (χ4n) is 1.99. The number of nitrogens with zero attached hydrogens (tertiary/aromatic N) is 1. The maximum Gasteiger partial charge on any atom is 0.193 e. The Hall–Kier alpha value is -2.60. The lowest BCUT2D eigenvalue weighted by Gasteiger charge is -2.11. The first kappa shape index (κ1) is 17.7. The van der Waals surface area contributed by atoms with Crippen LogP contribution in [0.3, 0.4) is 0 Å². The molecule has 1 unspecified atom stereocenters. The zero-order chi connectivity index (χ0) is 17.4. The van der Waals surface area contributed by atoms with Gasteiger partial charge in [-0.15, -0.1) is 0 Å². The van der Waals surface area contributed by atoms with Gasteiger partial charge in [0.15, 0.2) is 5.96 Å². The van der Waals surface area contributed by atoms with Gasteiger partial charge in [0.1, 0.15) is 24.3 Å². The number of aliphatic imine (C=N–C) groups is 1. The maximum atomic E-state index is 12.8. The van der Waals surface area contributed by atoms with Crippen molar-refractivity contribution in [2.24, 2.45) is 10.7 Å². The van der Waals surface area contributed by atoms with Crippen LogP contribution in [-0.4, -0.2) is 30.3 Å². The van der Waals surface area contributed by atoms with Crippen LogP contribution in [0.1, 0.15) is 12.5 Å². The Morgan fingerprint density at radius 2 is 1.88 bits per heavy atom. The Morgan fingerprint density at radius 3 is 2.50 bits per heavy atom. The molecule has 24 heavy (non-hydrogen) atoms. The van der Waals surface area contributed by atoms with Crippen LogP contribution in [-0.2, 0) is 6.42 Å². The van der Waals surface area contributed by atoms with E-state index in [-0.39, 0.29) is 24.9 Å². The van der Waals surface area contributed by atoms with Crippen molar-refractivity contribution < 1.29 is 14.2 Å². The summed E-state index contributed by atoms with van der Waals surface area (Å²) >= 11 is 0. The number of ether oxygens (including phenoxy) is 1. The number of guanidine groups is 1. The molecule has 5 nitrogen and oxygen atoms in total. The topological polar surface area (TPSA) is 79.9 Å². The van der Waals surface area contributed by atoms with E-state index in [0.29, 0.717) is 5.75 Å². The quantitative estimate of drug-likeness (QED) is 0.538. The van der Waals surface area contributed by atoms with Crippen LogP contribution in [0.2, 0.25) is 0 Å². The molecular weight excluding hydrogens is 309 g/mol. The summed E-state index contributed by atoms with van der Waals surface area (Å²) in [6, 6.07) is 13.5. The van der Waals surface area contributed by atoms with Gasteiger partial charge in [0.05, 0.1) is 6.54 Å². The second kappa shape index (κ2) is 8.88. The molecule has 0 aliphatic carbocycles. The van der Waals surface area contributed by atoms with Crippen molar-refractivity contribution in [2.75, 3.05) is 18.5 Å². The fraction of sp³-hybridized carbons (Fsp3) is 0.278. The van der Waals surface area contributed by atoms with Crippen molar-refractivity contribution in [3.63, 3.8) is 0 Å². The van der Waals surface area contributed by atoms with Gasteiger partial charge in [-0.3, -0.25) is 4.99 Å². The minimum atomic E-state index is -0.808. The van der Waals surface area contributed by atoms with Crippen molar-refractivity contribution in [3.05, 3.63) is 59.9 Å². The molecule has 0 spiro atoms. The molecule has 0 aliphatic rings. The average Bonchev–Trinajstić information content (AvgIpc) is 2.60. The van der Waals surface area contributed by atoms with Gasteiger partial charge in [-0.2, -0.15) is 0 Å². The Balaban J connectivity index is 1.77. The maximum absolute atomic E-state index is 12.8. The Labute approximate surface area is 141 Å². The lowest BCUT2D eigenvalue weighted by atomic mass is 10.1. The van der Waals surface area contributed by atoms with Crippen LogP contribution in [0.25, 0.3) is 0 Å². The SMILES string of the molecule is CCc1ccc(NC(N)=NCC(O)COc2ccc(F)cc2)cc1. The molecule has 0 aliphatic heterocycles. The smallest absolute Gasteiger partial charge is 0.193 e. The predicted molar refractivity (Wildman–Crippen MR) is 93.8 cm³/mol. The van der Waals surface area contributed by atoms with Gasteiger partial charge in [0, 0.05) is 5.69 Å². The average molecular weight is 331 g/mol. The second-order valence-corrected chi connectivity index (χ2v) is 5.32. The molecule has 0 bridgehead atoms. The van der Waals surface area contributed by atoms with Gasteiger partial charge in [0.2, 0.25) is 0 Å². The van der Waals surface area contributed by atoms with Gasteiger partial charge in [-0.05, 0) is 48.4 Å². The number of aliphatic hydroxyl groups is 1. The lowest BCUT2D eigenvalue weighted by Crippen LogP contribution is -2.27. The number of aryl methyl sites for hydroxylation is 1. The first-order valence-corrected chi connectivity index (χ1v) is 7.79. The monoisotopic (exact) mass is 331 g/mol. The van der Waals surface area contributed by atoms with Crippen molar-refractivity contribution in [1.82, 2.24) is 0 Å². The number of nitrogens with one attached hydrogen (secondary N) is 1. The van der Waals surface area contributed by atoms with E-state index < -0.39 is 6.10 Å². The zero-order valence-electron chi connectivity index (χ0n) is 13.6. The van der Waals surface area contributed by atoms with E-state index in [1.165, 1.54) is 29.8 Å². The van der Waals surface area contributed by atoms with Crippen molar-refractivity contribution in [1.29, 1.82) is 0 Å². The van der Waals surface area contributed by atoms with Crippen molar-refractivity contribution in [2.45, 2.75) is 19.4 Å². The molecule has 2 rings (SSSR count). The number of benzene rings is 2. The molecule has 0 radical (unpaired) electrons. The molecule has 2 aromatic rings. The number of aliphatic hydroxyl groups excluding tert-OH is 1. The number of anilines is 1. The van der Waals surface area contributed by atoms with E-state index in [4.69, 9.17) is 10.5 Å². The normalized spacial score (nSPS) is 12.7. The van der Waals surface area contributed by atoms with Gasteiger partial charge in [0.25, 0.3) is 0 Å². The summed E-state index contributed by atoms with van der Waals surface area (Å²) in [7, 11) is 0. The lowest BCUT2D eigenvalue weighted by molar-refractivity contribution is 0.114. The third-order valence-electron chi connectivity index (χ3n) is 3.36. The molecular formula is C18H22FN3O2. The van der Waals surface area contributed by atoms with Gasteiger partial charge >= 0.3 is 0 Å². The standard InChI is InChI=1S/C18H22FN3O2/c1-2-13-3-7-15(8-4-13)22-18(20)21-11-16(23)12-24-17-9-5-14(19)6-10-17/h3-10,16,23H,2,11-12H2,1H3,(H3,20,21,22). The highest BCUT2D eigenvalue weighted by Crippen LogP contribution is 2.11. The summed E-state index contributed by atoms with van der Waals surface area (Å²) in [6.45, 7) is 2.24. The van der Waals surface area contributed by atoms with Crippen LogP contribution < -0.4 is 15.8 Å². The van der Waals surface area contributed by atoms with E-state index in [1.807, 2.05) is 24.3 Å². The van der Waals surface area contributed by atoms with E-state index in [1.54, 1.807) is 0 Å². The molecule has 128 valence electrons. The first-order chi connectivity index (χ1) is 11.6. The van der Waals surface area contributed by atoms with Crippen molar-refractivity contribution >= 4 is 11.6 Å². The van der Waals surface area contributed by atoms with E-state index in [9.17, 15) is 9.50 Å². The highest BCUT2D eigenvalue weighted by atomic mass is 19.1. The third-order valence-corrected chi connectivity index (χ3v) is 3.36. The van der Waals surface area contributed by atoms with Crippen LogP contribution >= 0.6 is 0 Å². The number of nitrogens with two attached hydrogens (primary N) is 1. The number of hydrogen-bond donors (Lipinski definition) is 3. The molecule has 0 amide bonds. The molecule has 4 N–H and O–H groups in total. The minimum Gasteiger partial charge on any atom is -0.491 e. The van der Waals surface area contributed by atoms with Crippen LogP contribution in [0, 0.1) is 5.82 Å². The van der Waals surface area contributed by atoms with Crippen molar-refractivity contribution in [3.8, 4) is 5.75 Å². The Bertz CT molecular complexity index is 657. The van der Waals surface area contributed by atoms with E-state index in [2.05, 4.69) is 17.2 Å². The number of halogens is 1. The highest BCUT2D eigenvalue weighted by Gasteiger charge is 2.05. The summed E-state index contributed by atoms with van der Waals surface area (Å²) in [5.41, 5.74) is 7.87. The zero-order valence-corrected chi connectivity index (χ0v) is 13.6. The Kier molecular flexibility index (Phi) is 6.57.